The van der Waals surface area contributed by atoms with Gasteiger partial charge in [-0.3, -0.25) is 4.98 Å². The Morgan fingerprint density at radius 1 is 1.37 bits per heavy atom. The van der Waals surface area contributed by atoms with Crippen molar-refractivity contribution < 1.29 is 13.2 Å². The molecule has 0 atom stereocenters. The van der Waals surface area contributed by atoms with Crippen molar-refractivity contribution in [2.75, 3.05) is 38.6 Å². The van der Waals surface area contributed by atoms with Crippen LogP contribution < -0.4 is 5.32 Å². The fraction of sp³-hybridized carbons (Fsp3) is 0.583. The number of pyridine rings is 1. The molecule has 0 aromatic carbocycles. The van der Waals surface area contributed by atoms with Gasteiger partial charge in [-0.05, 0) is 11.6 Å². The van der Waals surface area contributed by atoms with Gasteiger partial charge in [0.1, 0.15) is 0 Å². The summed E-state index contributed by atoms with van der Waals surface area (Å²) in [6, 6.07) is 3.82. The summed E-state index contributed by atoms with van der Waals surface area (Å²) in [7, 11) is -3.16. The van der Waals surface area contributed by atoms with Gasteiger partial charge in [0, 0.05) is 38.6 Å². The van der Waals surface area contributed by atoms with E-state index in [9.17, 15) is 8.42 Å². The summed E-state index contributed by atoms with van der Waals surface area (Å²) in [5.74, 6) is 0.118. The molecule has 1 fully saturated rings. The van der Waals surface area contributed by atoms with Gasteiger partial charge in [0.05, 0.1) is 19.0 Å². The Hall–Kier alpha value is -1.02. The molecule has 0 unspecified atom stereocenters. The summed E-state index contributed by atoms with van der Waals surface area (Å²) in [6.07, 6.45) is 3.48. The highest BCUT2D eigenvalue weighted by Crippen LogP contribution is 2.05. The lowest BCUT2D eigenvalue weighted by molar-refractivity contribution is 0.0730. The highest BCUT2D eigenvalue weighted by Gasteiger charge is 2.23. The van der Waals surface area contributed by atoms with Crippen LogP contribution in [-0.4, -0.2) is 56.3 Å². The van der Waals surface area contributed by atoms with Crippen LogP contribution in [-0.2, 0) is 21.3 Å². The third kappa shape index (κ3) is 4.54. The maximum atomic E-state index is 12.0. The minimum absolute atomic E-state index is 0.118. The molecular formula is C12H19N3O3S. The van der Waals surface area contributed by atoms with E-state index in [-0.39, 0.29) is 5.75 Å². The lowest BCUT2D eigenvalue weighted by Gasteiger charge is -2.26. The molecule has 2 heterocycles. The minimum atomic E-state index is -3.16. The number of morpholine rings is 1. The molecule has 106 valence electrons. The molecule has 1 N–H and O–H groups in total. The highest BCUT2D eigenvalue weighted by atomic mass is 32.2. The van der Waals surface area contributed by atoms with Crippen LogP contribution in [0.25, 0.3) is 0 Å². The quantitative estimate of drug-likeness (QED) is 0.735. The molecule has 6 nitrogen and oxygen atoms in total. The SMILES string of the molecule is O=S(=O)(CCNCc1cccnc1)N1CCOCC1. The third-order valence-corrected chi connectivity index (χ3v) is 4.82. The molecule has 0 spiro atoms. The first-order valence-corrected chi connectivity index (χ1v) is 7.94. The maximum absolute atomic E-state index is 12.0. The smallest absolute Gasteiger partial charge is 0.215 e. The molecule has 19 heavy (non-hydrogen) atoms. The Kier molecular flexibility index (Phi) is 5.26. The van der Waals surface area contributed by atoms with Gasteiger partial charge in [-0.1, -0.05) is 6.07 Å². The molecule has 1 aliphatic rings. The molecule has 0 aliphatic carbocycles. The monoisotopic (exact) mass is 285 g/mol. The van der Waals surface area contributed by atoms with E-state index in [1.807, 2.05) is 12.1 Å². The van der Waals surface area contributed by atoms with Gasteiger partial charge < -0.3 is 10.1 Å². The van der Waals surface area contributed by atoms with E-state index >= 15 is 0 Å². The molecule has 0 bridgehead atoms. The van der Waals surface area contributed by atoms with Gasteiger partial charge >= 0.3 is 0 Å². The first kappa shape index (κ1) is 14.4. The van der Waals surface area contributed by atoms with E-state index < -0.39 is 10.0 Å². The Morgan fingerprint density at radius 3 is 2.84 bits per heavy atom. The second kappa shape index (κ2) is 6.95. The van der Waals surface area contributed by atoms with Crippen LogP contribution in [0.3, 0.4) is 0 Å². The van der Waals surface area contributed by atoms with E-state index in [1.165, 1.54) is 4.31 Å². The topological polar surface area (TPSA) is 71.5 Å². The average molecular weight is 285 g/mol. The van der Waals surface area contributed by atoms with Gasteiger partial charge in [0.25, 0.3) is 0 Å². The number of aromatic nitrogens is 1. The van der Waals surface area contributed by atoms with Crippen LogP contribution in [0.15, 0.2) is 24.5 Å². The van der Waals surface area contributed by atoms with Crippen molar-refractivity contribution in [3.8, 4) is 0 Å². The van der Waals surface area contributed by atoms with E-state index in [2.05, 4.69) is 10.3 Å². The molecule has 0 amide bonds. The first-order valence-electron chi connectivity index (χ1n) is 6.34. The lowest BCUT2D eigenvalue weighted by atomic mass is 10.3. The van der Waals surface area contributed by atoms with Crippen LogP contribution in [0, 0.1) is 0 Å². The number of ether oxygens (including phenoxy) is 1. The van der Waals surface area contributed by atoms with Crippen molar-refractivity contribution in [3.63, 3.8) is 0 Å². The summed E-state index contributed by atoms with van der Waals surface area (Å²) >= 11 is 0. The largest absolute Gasteiger partial charge is 0.379 e. The molecule has 1 saturated heterocycles. The van der Waals surface area contributed by atoms with Crippen molar-refractivity contribution in [2.45, 2.75) is 6.54 Å². The van der Waals surface area contributed by atoms with Gasteiger partial charge in [-0.25, -0.2) is 8.42 Å². The Morgan fingerprint density at radius 2 is 2.16 bits per heavy atom. The zero-order valence-electron chi connectivity index (χ0n) is 10.8. The van der Waals surface area contributed by atoms with Crippen molar-refractivity contribution in [2.24, 2.45) is 0 Å². The molecule has 0 radical (unpaired) electrons. The standard InChI is InChI=1S/C12H19N3O3S/c16-19(17,15-5-7-18-8-6-15)9-4-14-11-12-2-1-3-13-10-12/h1-3,10,14H,4-9,11H2. The predicted molar refractivity (Wildman–Crippen MR) is 72.1 cm³/mol. The summed E-state index contributed by atoms with van der Waals surface area (Å²) in [5, 5.41) is 3.12. The second-order valence-electron chi connectivity index (χ2n) is 4.37. The summed E-state index contributed by atoms with van der Waals surface area (Å²) in [5.41, 5.74) is 1.05. The Labute approximate surface area is 113 Å². The van der Waals surface area contributed by atoms with Gasteiger partial charge in [-0.2, -0.15) is 4.31 Å². The molecule has 1 aromatic rings. The molecule has 1 aliphatic heterocycles. The van der Waals surface area contributed by atoms with Crippen molar-refractivity contribution >= 4 is 10.0 Å². The van der Waals surface area contributed by atoms with Gasteiger partial charge in [0.15, 0.2) is 0 Å². The zero-order valence-corrected chi connectivity index (χ0v) is 11.6. The number of nitrogens with one attached hydrogen (secondary N) is 1. The van der Waals surface area contributed by atoms with Crippen LogP contribution in [0.1, 0.15) is 5.56 Å². The van der Waals surface area contributed by atoms with Crippen molar-refractivity contribution in [1.82, 2.24) is 14.6 Å². The van der Waals surface area contributed by atoms with Gasteiger partial charge in [0.2, 0.25) is 10.0 Å². The summed E-state index contributed by atoms with van der Waals surface area (Å²) in [6.45, 7) is 2.97. The first-order chi connectivity index (χ1) is 9.18. The minimum Gasteiger partial charge on any atom is -0.379 e. The highest BCUT2D eigenvalue weighted by molar-refractivity contribution is 7.89. The summed E-state index contributed by atoms with van der Waals surface area (Å²) in [4.78, 5) is 4.01. The van der Waals surface area contributed by atoms with Crippen molar-refractivity contribution in [1.29, 1.82) is 0 Å². The lowest BCUT2D eigenvalue weighted by Crippen LogP contribution is -2.43. The predicted octanol–water partition coefficient (Wildman–Crippen LogP) is -0.167. The molecular weight excluding hydrogens is 266 g/mol. The maximum Gasteiger partial charge on any atom is 0.215 e. The number of nitrogens with zero attached hydrogens (tertiary/aromatic N) is 2. The number of rotatable bonds is 6. The van der Waals surface area contributed by atoms with Crippen LogP contribution >= 0.6 is 0 Å². The van der Waals surface area contributed by atoms with E-state index in [4.69, 9.17) is 4.74 Å². The number of sulfonamides is 1. The van der Waals surface area contributed by atoms with Gasteiger partial charge in [-0.15, -0.1) is 0 Å². The Balaban J connectivity index is 1.72. The molecule has 1 aromatic heterocycles. The van der Waals surface area contributed by atoms with Crippen LogP contribution in [0.2, 0.25) is 0 Å². The van der Waals surface area contributed by atoms with Crippen LogP contribution in [0.4, 0.5) is 0 Å². The molecule has 0 saturated carbocycles. The van der Waals surface area contributed by atoms with Crippen LogP contribution in [0.5, 0.6) is 0 Å². The Bertz CT molecular complexity index is 472. The zero-order chi connectivity index (χ0) is 13.6. The van der Waals surface area contributed by atoms with E-state index in [1.54, 1.807) is 12.4 Å². The number of hydrogen-bond donors (Lipinski definition) is 1. The van der Waals surface area contributed by atoms with E-state index in [0.29, 0.717) is 39.4 Å². The summed E-state index contributed by atoms with van der Waals surface area (Å²) < 4.78 is 30.7. The fourth-order valence-corrected chi connectivity index (χ4v) is 3.26. The average Bonchev–Trinajstić information content (AvgIpc) is 2.46. The third-order valence-electron chi connectivity index (χ3n) is 2.95. The fourth-order valence-electron chi connectivity index (χ4n) is 1.89. The second-order valence-corrected chi connectivity index (χ2v) is 6.45. The molecule has 2 rings (SSSR count). The van der Waals surface area contributed by atoms with Crippen molar-refractivity contribution in [3.05, 3.63) is 30.1 Å². The number of hydrogen-bond acceptors (Lipinski definition) is 5. The molecule has 7 heteroatoms. The normalized spacial score (nSPS) is 17.5. The van der Waals surface area contributed by atoms with E-state index in [0.717, 1.165) is 5.56 Å².